The average Bonchev–Trinajstić information content (AvgIpc) is 3.23. The summed E-state index contributed by atoms with van der Waals surface area (Å²) in [6.45, 7) is 8.01. The number of nitrogens with zero attached hydrogens (tertiary/aromatic N) is 2. The molecule has 2 heterocycles. The van der Waals surface area contributed by atoms with Crippen LogP contribution in [-0.4, -0.2) is 36.8 Å². The van der Waals surface area contributed by atoms with E-state index in [1.54, 1.807) is 49.3 Å². The van der Waals surface area contributed by atoms with Crippen LogP contribution in [0.15, 0.2) is 45.7 Å². The molecule has 10 heteroatoms. The number of nitrogens with one attached hydrogen (secondary N) is 1. The molecule has 3 aromatic rings. The van der Waals surface area contributed by atoms with Gasteiger partial charge in [-0.05, 0) is 36.6 Å². The van der Waals surface area contributed by atoms with Crippen LogP contribution in [-0.2, 0) is 15.1 Å². The molecule has 4 rings (SSSR count). The summed E-state index contributed by atoms with van der Waals surface area (Å²) in [5, 5.41) is 2.94. The topological polar surface area (TPSA) is 107 Å². The van der Waals surface area contributed by atoms with E-state index in [2.05, 4.69) is 10.1 Å². The van der Waals surface area contributed by atoms with Crippen molar-refractivity contribution in [1.82, 2.24) is 10.1 Å². The molecule has 1 N–H and O–H groups in total. The lowest BCUT2D eigenvalue weighted by Gasteiger charge is -2.34. The number of aromatic nitrogens is 2. The predicted octanol–water partition coefficient (Wildman–Crippen LogP) is 4.45. The number of hydrogen-bond donors (Lipinski definition) is 1. The van der Waals surface area contributed by atoms with Crippen molar-refractivity contribution in [3.63, 3.8) is 0 Å². The molecule has 0 saturated heterocycles. The van der Waals surface area contributed by atoms with Gasteiger partial charge in [-0.15, -0.1) is 0 Å². The fourth-order valence-electron chi connectivity index (χ4n) is 4.27. The highest BCUT2D eigenvalue weighted by Crippen LogP contribution is 2.48. The van der Waals surface area contributed by atoms with Crippen LogP contribution in [0.2, 0.25) is 5.02 Å². The van der Waals surface area contributed by atoms with Crippen LogP contribution < -0.4 is 20.1 Å². The summed E-state index contributed by atoms with van der Waals surface area (Å²) in [6.07, 6.45) is -0.840. The Morgan fingerprint density at radius 2 is 1.89 bits per heavy atom. The molecule has 2 aromatic carbocycles. The molecular formula is C25H28ClN3O6. The van der Waals surface area contributed by atoms with Gasteiger partial charge in [0.1, 0.15) is 6.10 Å². The van der Waals surface area contributed by atoms with E-state index in [1.165, 1.54) is 7.11 Å². The summed E-state index contributed by atoms with van der Waals surface area (Å²) < 4.78 is 22.6. The van der Waals surface area contributed by atoms with Crippen LogP contribution in [0.25, 0.3) is 0 Å². The van der Waals surface area contributed by atoms with E-state index >= 15 is 0 Å². The maximum Gasteiger partial charge on any atom is 0.459 e. The second kappa shape index (κ2) is 9.05. The molecule has 1 aliphatic heterocycles. The second-order valence-corrected chi connectivity index (χ2v) is 10.1. The third kappa shape index (κ3) is 4.53. The van der Waals surface area contributed by atoms with Gasteiger partial charge in [-0.2, -0.15) is 10.1 Å². The molecular weight excluding hydrogens is 474 g/mol. The minimum Gasteiger partial charge on any atom is -0.493 e. The highest BCUT2D eigenvalue weighted by atomic mass is 35.5. The number of para-hydroxylation sites is 1. The summed E-state index contributed by atoms with van der Waals surface area (Å²) in [7, 11) is 3.07. The molecule has 0 bridgehead atoms. The fraction of sp³-hybridized carbons (Fsp3) is 0.400. The standard InChI is InChI=1S/C25H28ClN3O6/c1-24(2,3)13-29-17-11-10-14(26)12-16(17)19(15-8-7-9-18(32-5)20(15)33-6)34-25(4,22(29)30)21-27-23(31)35-28-21/h7-12,19H,13H2,1-6H3,(H,27,28,31)/t19-,25-/m1/s1. The van der Waals surface area contributed by atoms with E-state index in [-0.39, 0.29) is 11.2 Å². The average molecular weight is 502 g/mol. The zero-order valence-electron chi connectivity index (χ0n) is 20.5. The summed E-state index contributed by atoms with van der Waals surface area (Å²) in [6, 6.07) is 10.7. The van der Waals surface area contributed by atoms with Crippen molar-refractivity contribution in [3.8, 4) is 11.5 Å². The maximum absolute atomic E-state index is 14.2. The third-order valence-electron chi connectivity index (χ3n) is 5.81. The van der Waals surface area contributed by atoms with Gasteiger partial charge in [-0.25, -0.2) is 4.79 Å². The first-order valence-corrected chi connectivity index (χ1v) is 11.4. The zero-order valence-corrected chi connectivity index (χ0v) is 21.2. The first-order valence-electron chi connectivity index (χ1n) is 11.0. The minimum atomic E-state index is -1.71. The highest BCUT2D eigenvalue weighted by Gasteiger charge is 2.50. The molecule has 0 unspecified atom stereocenters. The lowest BCUT2D eigenvalue weighted by Crippen LogP contribution is -2.49. The Balaban J connectivity index is 2.04. The molecule has 186 valence electrons. The normalized spacial score (nSPS) is 20.4. The van der Waals surface area contributed by atoms with Gasteiger partial charge in [-0.1, -0.05) is 44.5 Å². The fourth-order valence-corrected chi connectivity index (χ4v) is 4.45. The number of carbonyl (C=O) groups excluding carboxylic acids is 1. The van der Waals surface area contributed by atoms with E-state index < -0.39 is 23.4 Å². The van der Waals surface area contributed by atoms with Crippen LogP contribution in [0.4, 0.5) is 5.69 Å². The van der Waals surface area contributed by atoms with Gasteiger partial charge < -0.3 is 23.6 Å². The number of rotatable bonds is 5. The molecule has 35 heavy (non-hydrogen) atoms. The van der Waals surface area contributed by atoms with Crippen molar-refractivity contribution < 1.29 is 23.5 Å². The van der Waals surface area contributed by atoms with Gasteiger partial charge in [0.05, 0.1) is 19.9 Å². The number of H-pyrrole nitrogens is 1. The van der Waals surface area contributed by atoms with Crippen molar-refractivity contribution in [2.45, 2.75) is 39.4 Å². The third-order valence-corrected chi connectivity index (χ3v) is 6.04. The van der Waals surface area contributed by atoms with Gasteiger partial charge >= 0.3 is 5.76 Å². The number of methoxy groups -OCH3 is 2. The number of aromatic amines is 1. The minimum absolute atomic E-state index is 0.0443. The number of ether oxygens (including phenoxy) is 3. The Labute approximate surface area is 207 Å². The van der Waals surface area contributed by atoms with Crippen molar-refractivity contribution in [2.24, 2.45) is 5.41 Å². The lowest BCUT2D eigenvalue weighted by molar-refractivity contribution is -0.150. The van der Waals surface area contributed by atoms with Gasteiger partial charge in [-0.3, -0.25) is 4.79 Å². The van der Waals surface area contributed by atoms with E-state index in [0.29, 0.717) is 39.9 Å². The van der Waals surface area contributed by atoms with Gasteiger partial charge in [0.25, 0.3) is 5.91 Å². The molecule has 0 aliphatic carbocycles. The zero-order chi connectivity index (χ0) is 25.5. The first-order chi connectivity index (χ1) is 16.5. The molecule has 2 atom stereocenters. The molecule has 9 nitrogen and oxygen atoms in total. The quantitative estimate of drug-likeness (QED) is 0.550. The monoisotopic (exact) mass is 501 g/mol. The van der Waals surface area contributed by atoms with Crippen LogP contribution in [0.1, 0.15) is 50.8 Å². The number of anilines is 1. The summed E-state index contributed by atoms with van der Waals surface area (Å²) in [5.74, 6) is -0.378. The molecule has 0 radical (unpaired) electrons. The molecule has 0 saturated carbocycles. The number of halogens is 1. The van der Waals surface area contributed by atoms with Crippen molar-refractivity contribution >= 4 is 23.2 Å². The van der Waals surface area contributed by atoms with E-state index in [0.717, 1.165) is 0 Å². The SMILES string of the molecule is COc1cccc([C@H]2O[C@](C)(c3nc(=O)o[nH]3)C(=O)N(CC(C)(C)C)c3ccc(Cl)cc32)c1OC. The lowest BCUT2D eigenvalue weighted by atomic mass is 9.93. The van der Waals surface area contributed by atoms with Crippen molar-refractivity contribution in [3.05, 3.63) is 68.9 Å². The van der Waals surface area contributed by atoms with Crippen LogP contribution in [0, 0.1) is 5.41 Å². The van der Waals surface area contributed by atoms with Crippen molar-refractivity contribution in [2.75, 3.05) is 25.7 Å². The molecule has 0 spiro atoms. The maximum atomic E-state index is 14.2. The predicted molar refractivity (Wildman–Crippen MR) is 130 cm³/mol. The molecule has 1 aliphatic rings. The molecule has 1 aromatic heterocycles. The Kier molecular flexibility index (Phi) is 6.42. The Morgan fingerprint density at radius 1 is 1.14 bits per heavy atom. The summed E-state index contributed by atoms with van der Waals surface area (Å²) in [5.41, 5.74) is -0.0901. The Bertz CT molecular complexity index is 1310. The second-order valence-electron chi connectivity index (χ2n) is 9.70. The van der Waals surface area contributed by atoms with Gasteiger partial charge in [0, 0.05) is 22.7 Å². The van der Waals surface area contributed by atoms with Crippen LogP contribution in [0.3, 0.4) is 0 Å². The number of hydrogen-bond acceptors (Lipinski definition) is 7. The van der Waals surface area contributed by atoms with E-state index in [9.17, 15) is 9.59 Å². The summed E-state index contributed by atoms with van der Waals surface area (Å²) in [4.78, 5) is 31.5. The number of fused-ring (bicyclic) bond motifs is 1. The number of carbonyl (C=O) groups is 1. The van der Waals surface area contributed by atoms with E-state index in [1.807, 2.05) is 26.8 Å². The Hall–Kier alpha value is -3.30. The Morgan fingerprint density at radius 3 is 2.49 bits per heavy atom. The van der Waals surface area contributed by atoms with Gasteiger partial charge in [0.15, 0.2) is 17.3 Å². The van der Waals surface area contributed by atoms with Crippen LogP contribution >= 0.6 is 11.6 Å². The largest absolute Gasteiger partial charge is 0.493 e. The smallest absolute Gasteiger partial charge is 0.459 e. The first kappa shape index (κ1) is 24.8. The number of benzene rings is 2. The highest BCUT2D eigenvalue weighted by molar-refractivity contribution is 6.30. The number of amides is 1. The van der Waals surface area contributed by atoms with E-state index in [4.69, 9.17) is 30.3 Å². The molecule has 1 amide bonds. The summed E-state index contributed by atoms with van der Waals surface area (Å²) >= 11 is 6.43. The van der Waals surface area contributed by atoms with Gasteiger partial charge in [0.2, 0.25) is 5.60 Å². The molecule has 0 fully saturated rings. The van der Waals surface area contributed by atoms with Crippen LogP contribution in [0.5, 0.6) is 11.5 Å². The van der Waals surface area contributed by atoms with Crippen molar-refractivity contribution in [1.29, 1.82) is 0 Å².